The summed E-state index contributed by atoms with van der Waals surface area (Å²) in [7, 11) is 0. The van der Waals surface area contributed by atoms with Gasteiger partial charge in [0, 0.05) is 16.3 Å². The molecule has 2 aromatic rings. The largest absolute Gasteiger partial charge is 0.487 e. The van der Waals surface area contributed by atoms with Crippen molar-refractivity contribution in [3.63, 3.8) is 0 Å². The van der Waals surface area contributed by atoms with Gasteiger partial charge in [0.1, 0.15) is 29.8 Å². The first-order valence-electron chi connectivity index (χ1n) is 5.47. The first-order chi connectivity index (χ1) is 9.11. The van der Waals surface area contributed by atoms with Gasteiger partial charge in [-0.3, -0.25) is 0 Å². The molecule has 0 unspecified atom stereocenters. The normalized spacial score (nSPS) is 9.95. The SMILES string of the molecule is N#Cc1c(F)cccc1OCc1cc(N)ccc1Cl. The first-order valence-corrected chi connectivity index (χ1v) is 5.85. The van der Waals surface area contributed by atoms with Gasteiger partial charge in [-0.2, -0.15) is 5.26 Å². The summed E-state index contributed by atoms with van der Waals surface area (Å²) in [5, 5.41) is 9.38. The lowest BCUT2D eigenvalue weighted by molar-refractivity contribution is 0.303. The predicted octanol–water partition coefficient (Wildman–Crippen LogP) is 3.51. The standard InChI is InChI=1S/C14H10ClFN2O/c15-12-5-4-10(18)6-9(12)8-19-14-3-1-2-13(16)11(14)7-17/h1-6H,8,18H2. The molecule has 0 aliphatic heterocycles. The molecule has 2 N–H and O–H groups in total. The number of nitriles is 1. The van der Waals surface area contributed by atoms with Crippen LogP contribution in [0.3, 0.4) is 0 Å². The minimum atomic E-state index is -0.612. The van der Waals surface area contributed by atoms with Gasteiger partial charge in [-0.15, -0.1) is 0 Å². The number of halogens is 2. The van der Waals surface area contributed by atoms with Crippen molar-refractivity contribution in [1.29, 1.82) is 5.26 Å². The van der Waals surface area contributed by atoms with Crippen LogP contribution in [0.25, 0.3) is 0 Å². The molecule has 0 saturated heterocycles. The molecule has 5 heteroatoms. The lowest BCUT2D eigenvalue weighted by Gasteiger charge is -2.10. The summed E-state index contributed by atoms with van der Waals surface area (Å²) in [6.07, 6.45) is 0. The quantitative estimate of drug-likeness (QED) is 0.873. The molecule has 96 valence electrons. The smallest absolute Gasteiger partial charge is 0.144 e. The van der Waals surface area contributed by atoms with Gasteiger partial charge in [0.25, 0.3) is 0 Å². The van der Waals surface area contributed by atoms with E-state index in [4.69, 9.17) is 27.3 Å². The van der Waals surface area contributed by atoms with Crippen LogP contribution in [0, 0.1) is 17.1 Å². The highest BCUT2D eigenvalue weighted by molar-refractivity contribution is 6.31. The Morgan fingerprint density at radius 1 is 1.32 bits per heavy atom. The van der Waals surface area contributed by atoms with Gasteiger partial charge in [-0.25, -0.2) is 4.39 Å². The number of rotatable bonds is 3. The topological polar surface area (TPSA) is 59.0 Å². The van der Waals surface area contributed by atoms with Gasteiger partial charge in [-0.05, 0) is 30.3 Å². The monoisotopic (exact) mass is 276 g/mol. The number of nitrogens with two attached hydrogens (primary N) is 1. The van der Waals surface area contributed by atoms with E-state index in [-0.39, 0.29) is 17.9 Å². The first kappa shape index (κ1) is 13.2. The number of benzene rings is 2. The van der Waals surface area contributed by atoms with Crippen molar-refractivity contribution in [3.8, 4) is 11.8 Å². The van der Waals surface area contributed by atoms with Gasteiger partial charge < -0.3 is 10.5 Å². The van der Waals surface area contributed by atoms with E-state index in [2.05, 4.69) is 0 Å². The summed E-state index contributed by atoms with van der Waals surface area (Å²) in [4.78, 5) is 0. The number of nitrogens with zero attached hydrogens (tertiary/aromatic N) is 1. The summed E-state index contributed by atoms with van der Waals surface area (Å²) in [5.74, 6) is -0.431. The van der Waals surface area contributed by atoms with E-state index in [1.807, 2.05) is 0 Å². The van der Waals surface area contributed by atoms with Crippen molar-refractivity contribution in [3.05, 3.63) is 58.4 Å². The maximum atomic E-state index is 13.4. The molecule has 0 heterocycles. The predicted molar refractivity (Wildman–Crippen MR) is 71.3 cm³/mol. The number of hydrogen-bond acceptors (Lipinski definition) is 3. The van der Waals surface area contributed by atoms with Gasteiger partial charge in [0.2, 0.25) is 0 Å². The minimum Gasteiger partial charge on any atom is -0.487 e. The fourth-order valence-electron chi connectivity index (χ4n) is 1.59. The molecule has 0 atom stereocenters. The third-order valence-corrected chi connectivity index (χ3v) is 2.91. The van der Waals surface area contributed by atoms with Crippen LogP contribution in [0.5, 0.6) is 5.75 Å². The summed E-state index contributed by atoms with van der Waals surface area (Å²) in [6.45, 7) is 0.113. The Bertz CT molecular complexity index is 652. The number of anilines is 1. The Hall–Kier alpha value is -2.25. The Morgan fingerprint density at radius 2 is 2.11 bits per heavy atom. The zero-order valence-corrected chi connectivity index (χ0v) is 10.6. The highest BCUT2D eigenvalue weighted by atomic mass is 35.5. The number of hydrogen-bond donors (Lipinski definition) is 1. The van der Waals surface area contributed by atoms with Crippen molar-refractivity contribution >= 4 is 17.3 Å². The van der Waals surface area contributed by atoms with E-state index < -0.39 is 5.82 Å². The zero-order chi connectivity index (χ0) is 13.8. The average Bonchev–Trinajstić information content (AvgIpc) is 2.40. The molecule has 3 nitrogen and oxygen atoms in total. The average molecular weight is 277 g/mol. The van der Waals surface area contributed by atoms with E-state index in [1.54, 1.807) is 24.3 Å². The van der Waals surface area contributed by atoms with E-state index in [0.717, 1.165) is 0 Å². The third kappa shape index (κ3) is 2.95. The molecule has 0 amide bonds. The molecular formula is C14H10ClFN2O. The zero-order valence-electron chi connectivity index (χ0n) is 9.86. The molecule has 2 aromatic carbocycles. The summed E-state index contributed by atoms with van der Waals surface area (Å²) in [5.41, 5.74) is 6.76. The van der Waals surface area contributed by atoms with E-state index in [9.17, 15) is 4.39 Å². The van der Waals surface area contributed by atoms with Crippen LogP contribution >= 0.6 is 11.6 Å². The van der Waals surface area contributed by atoms with Crippen molar-refractivity contribution in [1.82, 2.24) is 0 Å². The molecule has 0 aliphatic rings. The fourth-order valence-corrected chi connectivity index (χ4v) is 1.77. The molecule has 0 saturated carbocycles. The van der Waals surface area contributed by atoms with Crippen molar-refractivity contribution < 1.29 is 9.13 Å². The highest BCUT2D eigenvalue weighted by Gasteiger charge is 2.10. The molecule has 19 heavy (non-hydrogen) atoms. The second kappa shape index (κ2) is 5.59. The van der Waals surface area contributed by atoms with Gasteiger partial charge >= 0.3 is 0 Å². The minimum absolute atomic E-state index is 0.113. The van der Waals surface area contributed by atoms with E-state index in [1.165, 1.54) is 18.2 Å². The molecule has 0 spiro atoms. The number of nitrogen functional groups attached to an aromatic ring is 1. The second-order valence-electron chi connectivity index (χ2n) is 3.86. The maximum Gasteiger partial charge on any atom is 0.144 e. The van der Waals surface area contributed by atoms with Crippen LogP contribution < -0.4 is 10.5 Å². The van der Waals surface area contributed by atoms with Crippen LogP contribution in [0.4, 0.5) is 10.1 Å². The molecule has 0 aliphatic carbocycles. The summed E-state index contributed by atoms with van der Waals surface area (Å²) < 4.78 is 18.8. The maximum absolute atomic E-state index is 13.4. The van der Waals surface area contributed by atoms with Gasteiger partial charge in [0.05, 0.1) is 0 Å². The Morgan fingerprint density at radius 3 is 2.84 bits per heavy atom. The Balaban J connectivity index is 2.22. The van der Waals surface area contributed by atoms with Crippen molar-refractivity contribution in [2.75, 3.05) is 5.73 Å². The van der Waals surface area contributed by atoms with Gasteiger partial charge in [-0.1, -0.05) is 17.7 Å². The molecular weight excluding hydrogens is 267 g/mol. The third-order valence-electron chi connectivity index (χ3n) is 2.54. The van der Waals surface area contributed by atoms with Crippen molar-refractivity contribution in [2.24, 2.45) is 0 Å². The lowest BCUT2D eigenvalue weighted by Crippen LogP contribution is -2.00. The molecule has 0 fully saturated rings. The van der Waals surface area contributed by atoms with Crippen LogP contribution in [0.1, 0.15) is 11.1 Å². The van der Waals surface area contributed by atoms with Crippen LogP contribution in [-0.4, -0.2) is 0 Å². The molecule has 2 rings (SSSR count). The number of ether oxygens (including phenoxy) is 1. The molecule has 0 aromatic heterocycles. The van der Waals surface area contributed by atoms with E-state index >= 15 is 0 Å². The summed E-state index contributed by atoms with van der Waals surface area (Å²) >= 11 is 5.99. The highest BCUT2D eigenvalue weighted by Crippen LogP contribution is 2.24. The van der Waals surface area contributed by atoms with Crippen LogP contribution in [0.15, 0.2) is 36.4 Å². The van der Waals surface area contributed by atoms with Crippen LogP contribution in [0.2, 0.25) is 5.02 Å². The molecule has 0 bridgehead atoms. The lowest BCUT2D eigenvalue weighted by atomic mass is 10.2. The van der Waals surface area contributed by atoms with Crippen LogP contribution in [-0.2, 0) is 6.61 Å². The Labute approximate surface area is 115 Å². The van der Waals surface area contributed by atoms with Gasteiger partial charge in [0.15, 0.2) is 0 Å². The second-order valence-corrected chi connectivity index (χ2v) is 4.27. The molecule has 0 radical (unpaired) electrons. The Kier molecular flexibility index (Phi) is 3.88. The van der Waals surface area contributed by atoms with E-state index in [0.29, 0.717) is 16.3 Å². The van der Waals surface area contributed by atoms with Crippen molar-refractivity contribution in [2.45, 2.75) is 6.61 Å². The fraction of sp³-hybridized carbons (Fsp3) is 0.0714. The summed E-state index contributed by atoms with van der Waals surface area (Å²) in [6, 6.07) is 11.0.